The number of carbonyl (C=O) groups is 3. The molecule has 170 valence electrons. The molecule has 1 unspecified atom stereocenters. The molecule has 0 saturated carbocycles. The number of nitrogens with one attached hydrogen (secondary N) is 2. The van der Waals surface area contributed by atoms with Gasteiger partial charge >= 0.3 is 12.1 Å². The van der Waals surface area contributed by atoms with E-state index in [4.69, 9.17) is 26.6 Å². The Morgan fingerprint density at radius 1 is 1.26 bits per heavy atom. The average molecular weight is 472 g/mol. The van der Waals surface area contributed by atoms with Gasteiger partial charge in [0.1, 0.15) is 16.3 Å². The molecule has 0 aliphatic rings. The number of aliphatic hydroxyl groups excluding tert-OH is 1. The number of carbonyl (C=O) groups excluding carboxylic acids is 2. The first kappa shape index (κ1) is 26.3. The zero-order valence-electron chi connectivity index (χ0n) is 17.9. The Morgan fingerprint density at radius 3 is 2.42 bits per heavy atom. The van der Waals surface area contributed by atoms with Crippen molar-refractivity contribution in [3.05, 3.63) is 34.3 Å². The van der Waals surface area contributed by atoms with Crippen LogP contribution < -0.4 is 10.6 Å². The first-order valence-corrected chi connectivity index (χ1v) is 10.7. The lowest BCUT2D eigenvalue weighted by Gasteiger charge is -2.19. The smallest absolute Gasteiger partial charge is 0.412 e. The fraction of sp³-hybridized carbons (Fsp3) is 0.400. The van der Waals surface area contributed by atoms with Crippen molar-refractivity contribution in [3.8, 4) is 10.6 Å². The van der Waals surface area contributed by atoms with Gasteiger partial charge in [-0.2, -0.15) is 0 Å². The number of anilines is 1. The fourth-order valence-corrected chi connectivity index (χ4v) is 3.27. The van der Waals surface area contributed by atoms with Gasteiger partial charge in [-0.3, -0.25) is 10.1 Å². The predicted octanol–water partition coefficient (Wildman–Crippen LogP) is 4.01. The SMILES string of the molecule is CC.CC(C)(C)OC(=O)Nc1ccc(-c2nc(C(=O)NC(CO)C(=O)O)cs2)c(Cl)c1. The molecule has 9 nitrogen and oxygen atoms in total. The van der Waals surface area contributed by atoms with E-state index in [9.17, 15) is 14.4 Å². The summed E-state index contributed by atoms with van der Waals surface area (Å²) in [6.07, 6.45) is -0.619. The standard InChI is InChI=1S/C18H20ClN3O6S.C2H6/c1-18(2,3)28-17(27)20-9-4-5-10(11(19)6-9)15-22-13(8-29-15)14(24)21-12(7-23)16(25)26;1-2/h4-6,8,12,23H,7H2,1-3H3,(H,20,27)(H,21,24)(H,25,26);1-2H3. The lowest BCUT2D eigenvalue weighted by atomic mass is 10.2. The van der Waals surface area contributed by atoms with Crippen LogP contribution in [0.4, 0.5) is 10.5 Å². The highest BCUT2D eigenvalue weighted by atomic mass is 35.5. The van der Waals surface area contributed by atoms with Crippen molar-refractivity contribution >= 4 is 46.6 Å². The molecule has 31 heavy (non-hydrogen) atoms. The van der Waals surface area contributed by atoms with Crippen molar-refractivity contribution in [2.24, 2.45) is 0 Å². The minimum absolute atomic E-state index is 0.00303. The fourth-order valence-electron chi connectivity index (χ4n) is 2.11. The van der Waals surface area contributed by atoms with E-state index in [0.717, 1.165) is 11.3 Å². The Kier molecular flexibility index (Phi) is 9.89. The number of aromatic nitrogens is 1. The number of aliphatic carboxylic acids is 1. The third-order valence-electron chi connectivity index (χ3n) is 3.37. The maximum absolute atomic E-state index is 12.1. The van der Waals surface area contributed by atoms with Crippen LogP contribution in [0.25, 0.3) is 10.6 Å². The Bertz CT molecular complexity index is 926. The predicted molar refractivity (Wildman–Crippen MR) is 120 cm³/mol. The zero-order valence-corrected chi connectivity index (χ0v) is 19.4. The van der Waals surface area contributed by atoms with Gasteiger partial charge in [0.25, 0.3) is 5.91 Å². The number of aliphatic hydroxyl groups is 1. The average Bonchev–Trinajstić information content (AvgIpc) is 3.15. The number of ether oxygens (including phenoxy) is 1. The number of carboxylic acid groups (broad SMARTS) is 1. The van der Waals surface area contributed by atoms with Crippen molar-refractivity contribution in [3.63, 3.8) is 0 Å². The van der Waals surface area contributed by atoms with E-state index in [-0.39, 0.29) is 5.69 Å². The molecule has 2 rings (SSSR count). The number of thiazole rings is 1. The normalized spacial score (nSPS) is 11.6. The molecule has 0 aliphatic carbocycles. The maximum atomic E-state index is 12.1. The second-order valence-electron chi connectivity index (χ2n) is 6.91. The number of hydrogen-bond acceptors (Lipinski definition) is 7. The molecule has 2 aromatic rings. The van der Waals surface area contributed by atoms with Gasteiger partial charge in [0.2, 0.25) is 0 Å². The lowest BCUT2D eigenvalue weighted by Crippen LogP contribution is -2.43. The third kappa shape index (κ3) is 8.16. The second-order valence-corrected chi connectivity index (χ2v) is 8.17. The monoisotopic (exact) mass is 471 g/mol. The summed E-state index contributed by atoms with van der Waals surface area (Å²) in [5, 5.41) is 24.8. The van der Waals surface area contributed by atoms with Crippen LogP contribution in [0.2, 0.25) is 5.02 Å². The van der Waals surface area contributed by atoms with Crippen molar-refractivity contribution in [2.75, 3.05) is 11.9 Å². The molecule has 1 atom stereocenters. The van der Waals surface area contributed by atoms with Gasteiger partial charge < -0.3 is 20.3 Å². The molecule has 1 heterocycles. The van der Waals surface area contributed by atoms with Gasteiger partial charge in [-0.25, -0.2) is 14.6 Å². The molecule has 0 spiro atoms. The summed E-state index contributed by atoms with van der Waals surface area (Å²) in [7, 11) is 0. The second kappa shape index (κ2) is 11.6. The van der Waals surface area contributed by atoms with Crippen molar-refractivity contribution < 1.29 is 29.3 Å². The first-order chi connectivity index (χ1) is 14.5. The van der Waals surface area contributed by atoms with Gasteiger partial charge in [0.15, 0.2) is 6.04 Å². The number of benzene rings is 1. The van der Waals surface area contributed by atoms with Crippen LogP contribution in [0.1, 0.15) is 45.1 Å². The summed E-state index contributed by atoms with van der Waals surface area (Å²) in [5.74, 6) is -2.08. The summed E-state index contributed by atoms with van der Waals surface area (Å²) in [6.45, 7) is 8.50. The van der Waals surface area contributed by atoms with E-state index in [1.165, 1.54) is 11.4 Å². The van der Waals surface area contributed by atoms with Crippen LogP contribution in [0.3, 0.4) is 0 Å². The van der Waals surface area contributed by atoms with Crippen LogP contribution in [-0.4, -0.2) is 51.4 Å². The van der Waals surface area contributed by atoms with Crippen LogP contribution in [0.5, 0.6) is 0 Å². The Balaban J connectivity index is 0.00000233. The van der Waals surface area contributed by atoms with E-state index in [2.05, 4.69) is 15.6 Å². The highest BCUT2D eigenvalue weighted by Crippen LogP contribution is 2.32. The maximum Gasteiger partial charge on any atom is 0.412 e. The molecule has 11 heteroatoms. The van der Waals surface area contributed by atoms with Crippen molar-refractivity contribution in [1.29, 1.82) is 0 Å². The molecular formula is C20H26ClN3O6S. The minimum Gasteiger partial charge on any atom is -0.480 e. The number of carboxylic acids is 1. The van der Waals surface area contributed by atoms with Gasteiger partial charge in [-0.15, -0.1) is 11.3 Å². The van der Waals surface area contributed by atoms with Gasteiger partial charge in [0, 0.05) is 16.6 Å². The van der Waals surface area contributed by atoms with E-state index < -0.39 is 36.2 Å². The summed E-state index contributed by atoms with van der Waals surface area (Å²) < 4.78 is 5.18. The summed E-state index contributed by atoms with van der Waals surface area (Å²) in [5.41, 5.74) is 0.315. The quantitative estimate of drug-likeness (QED) is 0.499. The first-order valence-electron chi connectivity index (χ1n) is 9.40. The molecule has 0 radical (unpaired) electrons. The number of halogens is 1. The highest BCUT2D eigenvalue weighted by molar-refractivity contribution is 7.13. The van der Waals surface area contributed by atoms with Crippen LogP contribution in [0, 0.1) is 0 Å². The Labute approximate surface area is 189 Å². The van der Waals surface area contributed by atoms with E-state index in [1.807, 2.05) is 13.8 Å². The molecule has 0 aliphatic heterocycles. The molecule has 2 amide bonds. The molecule has 0 bridgehead atoms. The van der Waals surface area contributed by atoms with Crippen molar-refractivity contribution in [2.45, 2.75) is 46.3 Å². The molecule has 1 aromatic carbocycles. The summed E-state index contributed by atoms with van der Waals surface area (Å²) >= 11 is 7.42. The third-order valence-corrected chi connectivity index (χ3v) is 4.56. The number of hydrogen-bond donors (Lipinski definition) is 4. The van der Waals surface area contributed by atoms with E-state index in [1.54, 1.807) is 32.9 Å². The van der Waals surface area contributed by atoms with Crippen molar-refractivity contribution in [1.82, 2.24) is 10.3 Å². The topological polar surface area (TPSA) is 138 Å². The number of rotatable bonds is 6. The zero-order chi connectivity index (χ0) is 23.8. The minimum atomic E-state index is -1.42. The lowest BCUT2D eigenvalue weighted by molar-refractivity contribution is -0.140. The Hall–Kier alpha value is -2.69. The summed E-state index contributed by atoms with van der Waals surface area (Å²) in [4.78, 5) is 39.0. The van der Waals surface area contributed by atoms with Crippen LogP contribution >= 0.6 is 22.9 Å². The molecule has 4 N–H and O–H groups in total. The van der Waals surface area contributed by atoms with Gasteiger partial charge in [-0.1, -0.05) is 25.4 Å². The largest absolute Gasteiger partial charge is 0.480 e. The Morgan fingerprint density at radius 2 is 1.90 bits per heavy atom. The van der Waals surface area contributed by atoms with E-state index >= 15 is 0 Å². The van der Waals surface area contributed by atoms with Crippen LogP contribution in [0.15, 0.2) is 23.6 Å². The van der Waals surface area contributed by atoms with E-state index in [0.29, 0.717) is 21.3 Å². The molecular weight excluding hydrogens is 446 g/mol. The number of nitrogens with zero attached hydrogens (tertiary/aromatic N) is 1. The highest BCUT2D eigenvalue weighted by Gasteiger charge is 2.22. The molecule has 0 fully saturated rings. The summed E-state index contributed by atoms with van der Waals surface area (Å²) in [6, 6.07) is 3.34. The molecule has 1 aromatic heterocycles. The van der Waals surface area contributed by atoms with Crippen LogP contribution in [-0.2, 0) is 9.53 Å². The van der Waals surface area contributed by atoms with Gasteiger partial charge in [-0.05, 0) is 39.0 Å². The number of amides is 2. The van der Waals surface area contributed by atoms with Gasteiger partial charge in [0.05, 0.1) is 11.6 Å². The molecule has 0 saturated heterocycles.